The Hall–Kier alpha value is -2.03. The van der Waals surface area contributed by atoms with E-state index >= 15 is 0 Å². The van der Waals surface area contributed by atoms with Gasteiger partial charge in [-0.25, -0.2) is 4.79 Å². The summed E-state index contributed by atoms with van der Waals surface area (Å²) in [5.74, 6) is -0.396. The summed E-state index contributed by atoms with van der Waals surface area (Å²) >= 11 is 12.2. The molecule has 2 nitrogen and oxygen atoms in total. The first kappa shape index (κ1) is 14.9. The van der Waals surface area contributed by atoms with Crippen molar-refractivity contribution in [3.8, 4) is 0 Å². The summed E-state index contributed by atoms with van der Waals surface area (Å²) in [6, 6.07) is 18.4. The van der Waals surface area contributed by atoms with Crippen molar-refractivity contribution in [1.29, 1.82) is 0 Å². The van der Waals surface area contributed by atoms with Crippen LogP contribution in [0.3, 0.4) is 0 Å². The lowest BCUT2D eigenvalue weighted by molar-refractivity contribution is 0.0475. The zero-order valence-corrected chi connectivity index (χ0v) is 13.1. The van der Waals surface area contributed by atoms with Crippen LogP contribution in [0, 0.1) is 0 Å². The monoisotopic (exact) mass is 330 g/mol. The normalized spacial score (nSPS) is 10.6. The van der Waals surface area contributed by atoms with E-state index in [1.165, 1.54) is 0 Å². The predicted molar refractivity (Wildman–Crippen MR) is 89.5 cm³/mol. The molecule has 0 N–H and O–H groups in total. The van der Waals surface area contributed by atoms with Crippen molar-refractivity contribution in [3.63, 3.8) is 0 Å². The van der Waals surface area contributed by atoms with Crippen LogP contribution in [0.15, 0.2) is 60.7 Å². The highest BCUT2D eigenvalue weighted by Crippen LogP contribution is 2.26. The van der Waals surface area contributed by atoms with Gasteiger partial charge in [0.25, 0.3) is 0 Å². The minimum atomic E-state index is -0.396. The summed E-state index contributed by atoms with van der Waals surface area (Å²) in [6.45, 7) is 0.0422. The Morgan fingerprint density at radius 3 is 2.27 bits per heavy atom. The molecule has 0 unspecified atom stereocenters. The van der Waals surface area contributed by atoms with Crippen LogP contribution >= 0.6 is 23.2 Å². The Morgan fingerprint density at radius 1 is 0.864 bits per heavy atom. The average molecular weight is 331 g/mol. The fourth-order valence-electron chi connectivity index (χ4n) is 2.29. The third-order valence-electron chi connectivity index (χ3n) is 3.42. The molecular formula is C18H12Cl2O2. The first-order chi connectivity index (χ1) is 10.7. The molecule has 0 aliphatic heterocycles. The van der Waals surface area contributed by atoms with Crippen LogP contribution in [-0.4, -0.2) is 5.97 Å². The van der Waals surface area contributed by atoms with Crippen LogP contribution in [0.25, 0.3) is 10.8 Å². The third kappa shape index (κ3) is 2.94. The molecule has 3 rings (SSSR count). The number of esters is 1. The molecule has 3 aromatic rings. The summed E-state index contributed by atoms with van der Waals surface area (Å²) in [4.78, 5) is 12.3. The second-order valence-electron chi connectivity index (χ2n) is 4.80. The molecular weight excluding hydrogens is 319 g/mol. The number of halogens is 2. The minimum Gasteiger partial charge on any atom is -0.457 e. The number of hydrogen-bond acceptors (Lipinski definition) is 2. The number of ether oxygens (including phenoxy) is 1. The van der Waals surface area contributed by atoms with Gasteiger partial charge in [-0.2, -0.15) is 0 Å². The maximum atomic E-state index is 12.3. The summed E-state index contributed by atoms with van der Waals surface area (Å²) in [5.41, 5.74) is 1.14. The molecule has 22 heavy (non-hydrogen) atoms. The van der Waals surface area contributed by atoms with Crippen LogP contribution in [0.5, 0.6) is 0 Å². The van der Waals surface area contributed by atoms with Gasteiger partial charge in [0.15, 0.2) is 0 Å². The molecule has 110 valence electrons. The number of benzene rings is 3. The highest BCUT2D eigenvalue weighted by atomic mass is 35.5. The summed E-state index contributed by atoms with van der Waals surface area (Å²) in [7, 11) is 0. The molecule has 0 aromatic heterocycles. The van der Waals surface area contributed by atoms with E-state index in [1.807, 2.05) is 36.4 Å². The van der Waals surface area contributed by atoms with E-state index in [9.17, 15) is 4.79 Å². The van der Waals surface area contributed by atoms with Crippen molar-refractivity contribution in [2.45, 2.75) is 6.61 Å². The van der Waals surface area contributed by atoms with Crippen molar-refractivity contribution < 1.29 is 9.53 Å². The lowest BCUT2D eigenvalue weighted by atomic mass is 10.0. The highest BCUT2D eigenvalue weighted by molar-refractivity contribution is 6.36. The van der Waals surface area contributed by atoms with Crippen LogP contribution in [0.1, 0.15) is 15.9 Å². The molecule has 0 fully saturated rings. The molecule has 0 aliphatic carbocycles. The quantitative estimate of drug-likeness (QED) is 0.592. The molecule has 0 radical (unpaired) electrons. The molecule has 0 aliphatic rings. The van der Waals surface area contributed by atoms with Crippen LogP contribution in [0.2, 0.25) is 10.0 Å². The first-order valence-electron chi connectivity index (χ1n) is 6.74. The molecule has 0 heterocycles. The van der Waals surface area contributed by atoms with Crippen molar-refractivity contribution in [2.75, 3.05) is 0 Å². The van der Waals surface area contributed by atoms with Gasteiger partial charge in [0.1, 0.15) is 6.61 Å². The van der Waals surface area contributed by atoms with E-state index in [4.69, 9.17) is 27.9 Å². The topological polar surface area (TPSA) is 26.3 Å². The fraction of sp³-hybridized carbons (Fsp3) is 0.0556. The molecule has 0 bridgehead atoms. The largest absolute Gasteiger partial charge is 0.457 e. The smallest absolute Gasteiger partial charge is 0.339 e. The van der Waals surface area contributed by atoms with E-state index in [1.54, 1.807) is 24.3 Å². The van der Waals surface area contributed by atoms with E-state index in [0.29, 0.717) is 21.2 Å². The van der Waals surface area contributed by atoms with Crippen molar-refractivity contribution in [1.82, 2.24) is 0 Å². The van der Waals surface area contributed by atoms with Crippen molar-refractivity contribution in [2.24, 2.45) is 0 Å². The van der Waals surface area contributed by atoms with Gasteiger partial charge < -0.3 is 4.74 Å². The van der Waals surface area contributed by atoms with Gasteiger partial charge in [-0.3, -0.25) is 0 Å². The second-order valence-corrected chi connectivity index (χ2v) is 5.62. The number of fused-ring (bicyclic) bond motifs is 1. The molecule has 0 amide bonds. The van der Waals surface area contributed by atoms with E-state index in [2.05, 4.69) is 0 Å². The minimum absolute atomic E-state index is 0.0422. The fourth-order valence-corrected chi connectivity index (χ4v) is 2.80. The molecule has 0 saturated heterocycles. The zero-order chi connectivity index (χ0) is 15.5. The Labute approximate surface area is 138 Å². The maximum absolute atomic E-state index is 12.3. The number of carbonyl (C=O) groups is 1. The number of rotatable bonds is 3. The van der Waals surface area contributed by atoms with Crippen molar-refractivity contribution in [3.05, 3.63) is 81.8 Å². The molecule has 3 aromatic carbocycles. The van der Waals surface area contributed by atoms with Gasteiger partial charge in [-0.05, 0) is 29.0 Å². The van der Waals surface area contributed by atoms with Gasteiger partial charge in [0.05, 0.1) is 5.56 Å². The summed E-state index contributed by atoms with van der Waals surface area (Å²) < 4.78 is 5.38. The van der Waals surface area contributed by atoms with Gasteiger partial charge >= 0.3 is 5.97 Å². The lowest BCUT2D eigenvalue weighted by Gasteiger charge is -2.10. The predicted octanol–water partition coefficient (Wildman–Crippen LogP) is 5.50. The van der Waals surface area contributed by atoms with E-state index in [-0.39, 0.29) is 6.61 Å². The molecule has 0 atom stereocenters. The second kappa shape index (κ2) is 6.39. The first-order valence-corrected chi connectivity index (χ1v) is 7.50. The Bertz CT molecular complexity index is 818. The van der Waals surface area contributed by atoms with Crippen LogP contribution < -0.4 is 0 Å². The zero-order valence-electron chi connectivity index (χ0n) is 11.6. The Kier molecular flexibility index (Phi) is 4.32. The van der Waals surface area contributed by atoms with Crippen LogP contribution in [-0.2, 0) is 11.3 Å². The molecule has 0 spiro atoms. The average Bonchev–Trinajstić information content (AvgIpc) is 2.53. The molecule has 0 saturated carbocycles. The van der Waals surface area contributed by atoms with Crippen molar-refractivity contribution >= 4 is 39.9 Å². The van der Waals surface area contributed by atoms with Crippen LogP contribution in [0.4, 0.5) is 0 Å². The SMILES string of the molecule is O=C(OCc1c(Cl)cccc1Cl)c1cccc2ccccc12. The maximum Gasteiger partial charge on any atom is 0.339 e. The van der Waals surface area contributed by atoms with Gasteiger partial charge in [0.2, 0.25) is 0 Å². The number of carbonyl (C=O) groups excluding carboxylic acids is 1. The number of hydrogen-bond donors (Lipinski definition) is 0. The lowest BCUT2D eigenvalue weighted by Crippen LogP contribution is -2.06. The standard InChI is InChI=1S/C18H12Cl2O2/c19-16-9-4-10-17(20)15(16)11-22-18(21)14-8-3-6-12-5-1-2-7-13(12)14/h1-10H,11H2. The Morgan fingerprint density at radius 2 is 1.50 bits per heavy atom. The van der Waals surface area contributed by atoms with E-state index in [0.717, 1.165) is 10.8 Å². The Balaban J connectivity index is 1.85. The van der Waals surface area contributed by atoms with Gasteiger partial charge in [-0.15, -0.1) is 0 Å². The summed E-state index contributed by atoms with van der Waals surface area (Å²) in [6.07, 6.45) is 0. The van der Waals surface area contributed by atoms with Gasteiger partial charge in [-0.1, -0.05) is 65.7 Å². The van der Waals surface area contributed by atoms with E-state index < -0.39 is 5.97 Å². The summed E-state index contributed by atoms with van der Waals surface area (Å²) in [5, 5.41) is 2.82. The van der Waals surface area contributed by atoms with Gasteiger partial charge in [0, 0.05) is 15.6 Å². The molecule has 4 heteroatoms. The highest BCUT2D eigenvalue weighted by Gasteiger charge is 2.13. The third-order valence-corrected chi connectivity index (χ3v) is 4.13.